The molecule has 0 radical (unpaired) electrons. The molecule has 4 aromatic heterocycles. The summed E-state index contributed by atoms with van der Waals surface area (Å²) in [7, 11) is -5.88. The van der Waals surface area contributed by atoms with Gasteiger partial charge in [-0.1, -0.05) is 27.7 Å². The topological polar surface area (TPSA) is 196 Å². The average molecular weight is 959 g/mol. The maximum absolute atomic E-state index is 12.9. The Bertz CT molecular complexity index is 2450. The molecule has 4 aliphatic rings. The molecule has 20 heteroatoms. The van der Waals surface area contributed by atoms with E-state index in [2.05, 4.69) is 47.9 Å². The molecule has 366 valence electrons. The standard InChI is InChI=1S/C24H30F3N3O6S.C23H31N3O4/c1-3-23(4-2,35-20-10-5-6-13-33-20)15-34-16-11-12-28-19(14-16)21-29-18-9-7-8-17(18)22(30-21)36-37(31,32)24(25,26)27;1-3-23(4-2,30-20-10-5-6-13-28-20)15-29-16-11-12-24-19(14-16)21-25-18-9-7-8-17(18)22(27)26-21/h11-12,14,20H,3-10,13,15H2,1-2H3;11-12,14,20H,3-10,13,15H2,1-2H3,(H,25,26,27). The van der Waals surface area contributed by atoms with E-state index in [-0.39, 0.29) is 41.8 Å². The summed E-state index contributed by atoms with van der Waals surface area (Å²) >= 11 is 0. The number of halogens is 3. The number of alkyl halides is 3. The minimum Gasteiger partial charge on any atom is -0.490 e. The zero-order valence-corrected chi connectivity index (χ0v) is 39.4. The first-order valence-corrected chi connectivity index (χ1v) is 24.9. The first kappa shape index (κ1) is 50.1. The summed E-state index contributed by atoms with van der Waals surface area (Å²) in [6, 6.07) is 6.83. The molecule has 0 bridgehead atoms. The van der Waals surface area contributed by atoms with E-state index in [1.54, 1.807) is 18.3 Å². The lowest BCUT2D eigenvalue weighted by Gasteiger charge is -2.36. The third-order valence-electron chi connectivity index (χ3n) is 12.9. The van der Waals surface area contributed by atoms with E-state index in [0.717, 1.165) is 88.5 Å². The lowest BCUT2D eigenvalue weighted by molar-refractivity contribution is -0.234. The number of aromatic amines is 1. The number of rotatable bonds is 18. The average Bonchev–Trinajstić information content (AvgIpc) is 4.04. The Morgan fingerprint density at radius 2 is 1.21 bits per heavy atom. The molecule has 2 fully saturated rings. The summed E-state index contributed by atoms with van der Waals surface area (Å²) in [5, 5.41) is 0. The number of hydrogen-bond donors (Lipinski definition) is 1. The van der Waals surface area contributed by atoms with Crippen LogP contribution in [0.15, 0.2) is 41.5 Å². The first-order chi connectivity index (χ1) is 32.2. The molecule has 2 atom stereocenters. The molecule has 67 heavy (non-hydrogen) atoms. The van der Waals surface area contributed by atoms with Crippen LogP contribution in [0.25, 0.3) is 23.0 Å². The highest BCUT2D eigenvalue weighted by Crippen LogP contribution is 2.35. The SMILES string of the molecule is CCC(CC)(COc1ccnc(-c2nc3c(c(=O)[nH]2)CCC3)c1)OC1CCCCO1.CCC(CC)(COc1ccnc(-c2nc3c(c(OS(=O)(=O)C(F)(F)F)n2)CCC3)c1)OC1CCCCO1. The van der Waals surface area contributed by atoms with Crippen LogP contribution in [0.4, 0.5) is 13.2 Å². The molecule has 0 amide bonds. The number of fused-ring (bicyclic) bond motifs is 2. The molecule has 8 rings (SSSR count). The van der Waals surface area contributed by atoms with Gasteiger partial charge in [-0.05, 0) is 115 Å². The molecule has 0 spiro atoms. The van der Waals surface area contributed by atoms with Crippen molar-refractivity contribution < 1.29 is 54.2 Å². The molecule has 2 saturated heterocycles. The smallest absolute Gasteiger partial charge is 0.490 e. The number of nitrogens with zero attached hydrogens (tertiary/aromatic N) is 5. The van der Waals surface area contributed by atoms with Crippen molar-refractivity contribution >= 4 is 10.1 Å². The van der Waals surface area contributed by atoms with E-state index in [1.807, 2.05) is 26.0 Å². The molecular weight excluding hydrogens is 898 g/mol. The van der Waals surface area contributed by atoms with Gasteiger partial charge in [-0.15, -0.1) is 0 Å². The Morgan fingerprint density at radius 3 is 1.73 bits per heavy atom. The molecule has 1 N–H and O–H groups in total. The van der Waals surface area contributed by atoms with Gasteiger partial charge in [-0.25, -0.2) is 9.97 Å². The lowest BCUT2D eigenvalue weighted by atomic mass is 9.98. The molecular formula is C47H61F3N6O10S. The summed E-state index contributed by atoms with van der Waals surface area (Å²) in [4.78, 5) is 36.9. The Balaban J connectivity index is 0.000000203. The van der Waals surface area contributed by atoms with Crippen LogP contribution in [0.5, 0.6) is 17.4 Å². The van der Waals surface area contributed by atoms with Gasteiger partial charge < -0.3 is 37.6 Å². The number of ether oxygens (including phenoxy) is 6. The Hall–Kier alpha value is -4.76. The number of nitrogens with one attached hydrogen (secondary N) is 1. The number of aromatic nitrogens is 6. The van der Waals surface area contributed by atoms with E-state index in [1.165, 1.54) is 6.20 Å². The van der Waals surface area contributed by atoms with Gasteiger partial charge in [0.15, 0.2) is 24.2 Å². The highest BCUT2D eigenvalue weighted by molar-refractivity contribution is 7.88. The van der Waals surface area contributed by atoms with Crippen LogP contribution in [0, 0.1) is 0 Å². The van der Waals surface area contributed by atoms with Crippen LogP contribution in [0.3, 0.4) is 0 Å². The van der Waals surface area contributed by atoms with Crippen molar-refractivity contribution in [1.82, 2.24) is 29.9 Å². The fourth-order valence-electron chi connectivity index (χ4n) is 8.45. The second-order valence-electron chi connectivity index (χ2n) is 17.2. The van der Waals surface area contributed by atoms with Gasteiger partial charge in [-0.2, -0.15) is 26.6 Å². The lowest BCUT2D eigenvalue weighted by Crippen LogP contribution is -2.43. The van der Waals surface area contributed by atoms with E-state index < -0.39 is 32.7 Å². The second-order valence-corrected chi connectivity index (χ2v) is 18.8. The largest absolute Gasteiger partial charge is 0.534 e. The molecule has 2 aliphatic carbocycles. The summed E-state index contributed by atoms with van der Waals surface area (Å²) in [5.41, 5.74) is -3.41. The Morgan fingerprint density at radius 1 is 0.687 bits per heavy atom. The number of H-pyrrole nitrogens is 1. The van der Waals surface area contributed by atoms with Crippen molar-refractivity contribution in [2.45, 2.75) is 160 Å². The van der Waals surface area contributed by atoms with E-state index >= 15 is 0 Å². The molecule has 6 heterocycles. The van der Waals surface area contributed by atoms with Crippen molar-refractivity contribution in [3.63, 3.8) is 0 Å². The Kier molecular flexibility index (Phi) is 16.5. The third kappa shape index (κ3) is 12.5. The zero-order valence-electron chi connectivity index (χ0n) is 38.6. The highest BCUT2D eigenvalue weighted by Gasteiger charge is 2.49. The summed E-state index contributed by atoms with van der Waals surface area (Å²) in [5.74, 6) is 0.930. The van der Waals surface area contributed by atoms with Crippen LogP contribution in [-0.2, 0) is 54.7 Å². The van der Waals surface area contributed by atoms with Crippen LogP contribution in [-0.4, -0.2) is 94.0 Å². The number of aryl methyl sites for hydroxylation is 2. The van der Waals surface area contributed by atoms with Crippen LogP contribution < -0.4 is 19.2 Å². The molecule has 0 aromatic carbocycles. The molecule has 0 saturated carbocycles. The molecule has 2 aliphatic heterocycles. The maximum atomic E-state index is 12.9. The minimum absolute atomic E-state index is 0.0532. The van der Waals surface area contributed by atoms with Crippen molar-refractivity contribution in [1.29, 1.82) is 0 Å². The van der Waals surface area contributed by atoms with E-state index in [9.17, 15) is 26.4 Å². The van der Waals surface area contributed by atoms with Gasteiger partial charge in [-0.3, -0.25) is 14.8 Å². The predicted octanol–water partition coefficient (Wildman–Crippen LogP) is 8.54. The minimum atomic E-state index is -5.88. The van der Waals surface area contributed by atoms with Crippen LogP contribution in [0.1, 0.15) is 127 Å². The maximum Gasteiger partial charge on any atom is 0.534 e. The fourth-order valence-corrected chi connectivity index (χ4v) is 8.89. The van der Waals surface area contributed by atoms with Gasteiger partial charge in [0, 0.05) is 48.9 Å². The summed E-state index contributed by atoms with van der Waals surface area (Å²) in [6.45, 7) is 10.4. The van der Waals surface area contributed by atoms with Crippen LogP contribution in [0.2, 0.25) is 0 Å². The van der Waals surface area contributed by atoms with E-state index in [4.69, 9.17) is 28.4 Å². The third-order valence-corrected chi connectivity index (χ3v) is 13.8. The van der Waals surface area contributed by atoms with Gasteiger partial charge in [0.2, 0.25) is 5.88 Å². The number of hydrogen-bond acceptors (Lipinski definition) is 15. The Labute approximate surface area is 389 Å². The van der Waals surface area contributed by atoms with Gasteiger partial charge in [0.25, 0.3) is 5.56 Å². The van der Waals surface area contributed by atoms with Crippen molar-refractivity contribution in [2.24, 2.45) is 0 Å². The van der Waals surface area contributed by atoms with Gasteiger partial charge >= 0.3 is 15.6 Å². The highest BCUT2D eigenvalue weighted by atomic mass is 32.2. The summed E-state index contributed by atoms with van der Waals surface area (Å²) in [6.07, 6.45) is 15.8. The number of pyridine rings is 2. The second kappa shape index (κ2) is 22.1. The molecule has 16 nitrogen and oxygen atoms in total. The monoisotopic (exact) mass is 958 g/mol. The van der Waals surface area contributed by atoms with E-state index in [0.29, 0.717) is 74.0 Å². The molecule has 2 unspecified atom stereocenters. The summed E-state index contributed by atoms with van der Waals surface area (Å²) < 4.78 is 103. The van der Waals surface area contributed by atoms with Crippen molar-refractivity contribution in [3.8, 4) is 40.4 Å². The van der Waals surface area contributed by atoms with Crippen LogP contribution >= 0.6 is 0 Å². The first-order valence-electron chi connectivity index (χ1n) is 23.5. The van der Waals surface area contributed by atoms with Crippen molar-refractivity contribution in [2.75, 3.05) is 26.4 Å². The van der Waals surface area contributed by atoms with Gasteiger partial charge in [0.05, 0.1) is 11.4 Å². The van der Waals surface area contributed by atoms with Crippen molar-refractivity contribution in [3.05, 3.63) is 69.5 Å². The predicted molar refractivity (Wildman–Crippen MR) is 240 cm³/mol. The quantitative estimate of drug-likeness (QED) is 0.0735. The molecule has 4 aromatic rings. The zero-order chi connectivity index (χ0) is 47.7. The fraction of sp³-hybridized carbons (Fsp3) is 0.617. The van der Waals surface area contributed by atoms with Gasteiger partial charge in [0.1, 0.15) is 47.3 Å². The normalized spacial score (nSPS) is 18.7.